The number of allylic oxidation sites excluding steroid dienone is 2. The maximum Gasteiger partial charge on any atom is 0.410 e. The van der Waals surface area contributed by atoms with Crippen LogP contribution < -0.4 is 4.90 Å². The number of anilines is 1. The van der Waals surface area contributed by atoms with Gasteiger partial charge < -0.3 is 14.5 Å². The number of amides is 1. The Morgan fingerprint density at radius 2 is 2.10 bits per heavy atom. The van der Waals surface area contributed by atoms with E-state index < -0.39 is 5.60 Å². The quantitative estimate of drug-likeness (QED) is 0.685. The minimum Gasteiger partial charge on any atom is -0.444 e. The first-order valence-corrected chi connectivity index (χ1v) is 10.9. The second-order valence-corrected chi connectivity index (χ2v) is 9.67. The summed E-state index contributed by atoms with van der Waals surface area (Å²) in [7, 11) is 1.76. The molecule has 0 radical (unpaired) electrons. The van der Waals surface area contributed by atoms with E-state index in [1.165, 1.54) is 17.2 Å². The SMILES string of the molecule is CN(C(=O)OC(C)(C)C)[C@H]1CCCN(c2c(F)cc(C#N)c3c2C2=C(CCC2)C3)C1. The summed E-state index contributed by atoms with van der Waals surface area (Å²) >= 11 is 0. The fraction of sp³-hybridized carbons (Fsp3) is 0.583. The highest BCUT2D eigenvalue weighted by Crippen LogP contribution is 2.49. The number of nitrogens with zero attached hydrogens (tertiary/aromatic N) is 3. The third kappa shape index (κ3) is 3.66. The average molecular weight is 412 g/mol. The van der Waals surface area contributed by atoms with Crippen molar-refractivity contribution in [1.29, 1.82) is 5.26 Å². The number of fused-ring (bicyclic) bond motifs is 2. The molecule has 2 aliphatic carbocycles. The largest absolute Gasteiger partial charge is 0.444 e. The van der Waals surface area contributed by atoms with Crippen LogP contribution in [0.15, 0.2) is 11.6 Å². The van der Waals surface area contributed by atoms with Gasteiger partial charge in [0.15, 0.2) is 0 Å². The van der Waals surface area contributed by atoms with E-state index in [1.807, 2.05) is 20.8 Å². The molecule has 6 heteroatoms. The van der Waals surface area contributed by atoms with Crippen LogP contribution in [0.25, 0.3) is 5.57 Å². The standard InChI is InChI=1S/C24H30FN3O2/c1-24(2,3)30-23(29)27(4)17-8-6-10-28(14-17)22-20(25)12-16(13-26)19-11-15-7-5-9-18(15)21(19)22/h12,17H,5-11,14H2,1-4H3/t17-/m0/s1. The van der Waals surface area contributed by atoms with E-state index in [1.54, 1.807) is 11.9 Å². The first-order chi connectivity index (χ1) is 14.2. The zero-order valence-corrected chi connectivity index (χ0v) is 18.3. The van der Waals surface area contributed by atoms with Crippen LogP contribution in [-0.4, -0.2) is 42.8 Å². The van der Waals surface area contributed by atoms with Crippen molar-refractivity contribution in [3.8, 4) is 6.07 Å². The van der Waals surface area contributed by atoms with Crippen LogP contribution in [0.3, 0.4) is 0 Å². The zero-order valence-electron chi connectivity index (χ0n) is 18.3. The Bertz CT molecular complexity index is 955. The molecule has 5 nitrogen and oxygen atoms in total. The molecule has 1 saturated heterocycles. The van der Waals surface area contributed by atoms with Gasteiger partial charge in [-0.15, -0.1) is 0 Å². The molecule has 1 aromatic rings. The molecule has 0 saturated carbocycles. The Morgan fingerprint density at radius 1 is 1.33 bits per heavy atom. The Labute approximate surface area is 178 Å². The number of benzene rings is 1. The van der Waals surface area contributed by atoms with Gasteiger partial charge in [-0.25, -0.2) is 9.18 Å². The molecule has 30 heavy (non-hydrogen) atoms. The van der Waals surface area contributed by atoms with Gasteiger partial charge in [0.2, 0.25) is 0 Å². The topological polar surface area (TPSA) is 56.6 Å². The number of likely N-dealkylation sites (N-methyl/N-ethyl adjacent to an activating group) is 1. The van der Waals surface area contributed by atoms with Crippen molar-refractivity contribution in [3.05, 3.63) is 34.1 Å². The molecule has 0 N–H and O–H groups in total. The highest BCUT2D eigenvalue weighted by Gasteiger charge is 2.36. The molecule has 1 atom stereocenters. The fourth-order valence-corrected chi connectivity index (χ4v) is 5.07. The molecule has 3 aliphatic rings. The summed E-state index contributed by atoms with van der Waals surface area (Å²) in [6.45, 7) is 6.88. The average Bonchev–Trinajstić information content (AvgIpc) is 3.27. The predicted molar refractivity (Wildman–Crippen MR) is 115 cm³/mol. The third-order valence-electron chi connectivity index (χ3n) is 6.45. The van der Waals surface area contributed by atoms with E-state index >= 15 is 4.39 Å². The lowest BCUT2D eigenvalue weighted by Gasteiger charge is -2.40. The molecular formula is C24H30FN3O2. The maximum atomic E-state index is 15.3. The van der Waals surface area contributed by atoms with Gasteiger partial charge in [-0.1, -0.05) is 5.57 Å². The van der Waals surface area contributed by atoms with E-state index in [2.05, 4.69) is 11.0 Å². The molecule has 1 aromatic carbocycles. The number of halogens is 1. The lowest BCUT2D eigenvalue weighted by Crippen LogP contribution is -2.50. The van der Waals surface area contributed by atoms with Crippen molar-refractivity contribution in [2.75, 3.05) is 25.0 Å². The third-order valence-corrected chi connectivity index (χ3v) is 6.45. The number of ether oxygens (including phenoxy) is 1. The van der Waals surface area contributed by atoms with Crippen molar-refractivity contribution >= 4 is 17.4 Å². The first-order valence-electron chi connectivity index (χ1n) is 10.9. The van der Waals surface area contributed by atoms with Crippen LogP contribution in [0, 0.1) is 17.1 Å². The van der Waals surface area contributed by atoms with E-state index in [9.17, 15) is 10.1 Å². The van der Waals surface area contributed by atoms with Gasteiger partial charge in [0.25, 0.3) is 0 Å². The van der Waals surface area contributed by atoms with Gasteiger partial charge in [0, 0.05) is 25.7 Å². The van der Waals surface area contributed by atoms with Crippen LogP contribution >= 0.6 is 0 Å². The monoisotopic (exact) mass is 411 g/mol. The maximum absolute atomic E-state index is 15.3. The summed E-state index contributed by atoms with van der Waals surface area (Å²) in [5.41, 5.74) is 5.09. The second-order valence-electron chi connectivity index (χ2n) is 9.67. The molecule has 0 aromatic heterocycles. The van der Waals surface area contributed by atoms with Crippen LogP contribution in [0.5, 0.6) is 0 Å². The van der Waals surface area contributed by atoms with Crippen molar-refractivity contribution in [1.82, 2.24) is 4.90 Å². The van der Waals surface area contributed by atoms with E-state index in [0.717, 1.165) is 56.2 Å². The molecular weight excluding hydrogens is 381 g/mol. The summed E-state index contributed by atoms with van der Waals surface area (Å²) in [6.07, 6.45) is 5.26. The Balaban J connectivity index is 1.65. The van der Waals surface area contributed by atoms with E-state index in [4.69, 9.17) is 4.74 Å². The lowest BCUT2D eigenvalue weighted by atomic mass is 9.94. The van der Waals surface area contributed by atoms with Gasteiger partial charge in [-0.05, 0) is 76.5 Å². The van der Waals surface area contributed by atoms with Crippen LogP contribution in [0.2, 0.25) is 0 Å². The van der Waals surface area contributed by atoms with Crippen molar-refractivity contribution in [2.45, 2.75) is 70.9 Å². The molecule has 160 valence electrons. The molecule has 1 fully saturated rings. The predicted octanol–water partition coefficient (Wildman–Crippen LogP) is 5.03. The van der Waals surface area contributed by atoms with Crippen LogP contribution in [0.1, 0.15) is 69.6 Å². The minimum absolute atomic E-state index is 0.0438. The number of nitriles is 1. The molecule has 1 heterocycles. The van der Waals surface area contributed by atoms with Crippen LogP contribution in [0.4, 0.5) is 14.9 Å². The van der Waals surface area contributed by atoms with Gasteiger partial charge in [-0.3, -0.25) is 0 Å². The van der Waals surface area contributed by atoms with Crippen LogP contribution in [-0.2, 0) is 11.2 Å². The highest BCUT2D eigenvalue weighted by molar-refractivity contribution is 5.88. The fourth-order valence-electron chi connectivity index (χ4n) is 5.07. The summed E-state index contributed by atoms with van der Waals surface area (Å²) in [6, 6.07) is 3.55. The molecule has 0 unspecified atom stereocenters. The number of hydrogen-bond acceptors (Lipinski definition) is 4. The minimum atomic E-state index is -0.550. The highest BCUT2D eigenvalue weighted by atomic mass is 19.1. The van der Waals surface area contributed by atoms with Gasteiger partial charge in [0.05, 0.1) is 23.4 Å². The lowest BCUT2D eigenvalue weighted by molar-refractivity contribution is 0.0209. The Hall–Kier alpha value is -2.55. The molecule has 1 amide bonds. The molecule has 4 rings (SSSR count). The van der Waals surface area contributed by atoms with Crippen molar-refractivity contribution in [2.24, 2.45) is 0 Å². The van der Waals surface area contributed by atoms with Gasteiger partial charge in [-0.2, -0.15) is 5.26 Å². The first kappa shape index (κ1) is 20.7. The second kappa shape index (κ2) is 7.61. The molecule has 0 bridgehead atoms. The Morgan fingerprint density at radius 3 is 2.80 bits per heavy atom. The smallest absolute Gasteiger partial charge is 0.410 e. The summed E-state index contributed by atoms with van der Waals surface area (Å²) in [5.74, 6) is -0.327. The number of carbonyl (C=O) groups is 1. The number of hydrogen-bond donors (Lipinski definition) is 0. The number of piperidine rings is 1. The summed E-state index contributed by atoms with van der Waals surface area (Å²) in [4.78, 5) is 16.3. The van der Waals surface area contributed by atoms with Gasteiger partial charge in [0.1, 0.15) is 11.4 Å². The number of rotatable bonds is 2. The van der Waals surface area contributed by atoms with Gasteiger partial charge >= 0.3 is 6.09 Å². The van der Waals surface area contributed by atoms with E-state index in [0.29, 0.717) is 17.8 Å². The zero-order chi connectivity index (χ0) is 21.6. The van der Waals surface area contributed by atoms with Crippen molar-refractivity contribution < 1.29 is 13.9 Å². The summed E-state index contributed by atoms with van der Waals surface area (Å²) < 4.78 is 20.9. The summed E-state index contributed by atoms with van der Waals surface area (Å²) in [5, 5.41) is 9.55. The Kier molecular flexibility index (Phi) is 5.25. The number of carbonyl (C=O) groups excluding carboxylic acids is 1. The molecule has 0 spiro atoms. The normalized spacial score (nSPS) is 20.7. The van der Waals surface area contributed by atoms with E-state index in [-0.39, 0.29) is 18.0 Å². The van der Waals surface area contributed by atoms with Crippen molar-refractivity contribution in [3.63, 3.8) is 0 Å². The molecule has 1 aliphatic heterocycles.